The molecule has 2 heterocycles. The Morgan fingerprint density at radius 3 is 2.95 bits per heavy atom. The van der Waals surface area contributed by atoms with Crippen LogP contribution in [0.4, 0.5) is 4.39 Å². The van der Waals surface area contributed by atoms with E-state index in [0.717, 1.165) is 4.88 Å². The summed E-state index contributed by atoms with van der Waals surface area (Å²) in [6.07, 6.45) is 0. The van der Waals surface area contributed by atoms with Crippen LogP contribution in [0.1, 0.15) is 4.88 Å². The second-order valence-electron chi connectivity index (χ2n) is 4.09. The molecule has 96 valence electrons. The lowest BCUT2D eigenvalue weighted by Crippen LogP contribution is -2.22. The van der Waals surface area contributed by atoms with Crippen molar-refractivity contribution in [3.8, 4) is 0 Å². The zero-order valence-electron chi connectivity index (χ0n) is 9.72. The highest BCUT2D eigenvalue weighted by molar-refractivity contribution is 7.71. The van der Waals surface area contributed by atoms with Crippen LogP contribution in [0.25, 0.3) is 10.9 Å². The molecule has 0 bridgehead atoms. The summed E-state index contributed by atoms with van der Waals surface area (Å²) in [5.41, 5.74) is 0.283. The van der Waals surface area contributed by atoms with Crippen LogP contribution in [-0.2, 0) is 6.54 Å². The third-order valence-electron chi connectivity index (χ3n) is 2.84. The van der Waals surface area contributed by atoms with Gasteiger partial charge in [0.05, 0.1) is 17.4 Å². The molecule has 0 unspecified atom stereocenters. The SMILES string of the molecule is O=c1c2cc(F)ccc2[nH]c(=S)n1Cc1cccs1. The quantitative estimate of drug-likeness (QED) is 0.736. The molecule has 0 amide bonds. The number of aromatic amines is 1. The van der Waals surface area contributed by atoms with Crippen LogP contribution in [0.15, 0.2) is 40.5 Å². The summed E-state index contributed by atoms with van der Waals surface area (Å²) < 4.78 is 15.0. The number of nitrogens with zero attached hydrogens (tertiary/aromatic N) is 1. The number of aromatic nitrogens is 2. The van der Waals surface area contributed by atoms with Gasteiger partial charge in [-0.2, -0.15) is 0 Å². The van der Waals surface area contributed by atoms with E-state index in [1.54, 1.807) is 11.3 Å². The van der Waals surface area contributed by atoms with Gasteiger partial charge in [0.2, 0.25) is 0 Å². The number of hydrogen-bond donors (Lipinski definition) is 1. The molecule has 0 radical (unpaired) electrons. The molecule has 0 aliphatic rings. The van der Waals surface area contributed by atoms with Crippen molar-refractivity contribution in [2.45, 2.75) is 6.54 Å². The molecule has 1 aromatic carbocycles. The first-order valence-electron chi connectivity index (χ1n) is 5.60. The highest BCUT2D eigenvalue weighted by Crippen LogP contribution is 2.12. The van der Waals surface area contributed by atoms with Gasteiger partial charge in [-0.15, -0.1) is 11.3 Å². The van der Waals surface area contributed by atoms with Crippen molar-refractivity contribution in [1.29, 1.82) is 0 Å². The van der Waals surface area contributed by atoms with Gasteiger partial charge in [0.1, 0.15) is 5.82 Å². The fourth-order valence-electron chi connectivity index (χ4n) is 1.92. The normalized spacial score (nSPS) is 11.0. The number of fused-ring (bicyclic) bond motifs is 1. The Hall–Kier alpha value is -1.79. The number of hydrogen-bond acceptors (Lipinski definition) is 3. The minimum Gasteiger partial charge on any atom is -0.332 e. The van der Waals surface area contributed by atoms with Crippen LogP contribution in [0.5, 0.6) is 0 Å². The van der Waals surface area contributed by atoms with Crippen molar-refractivity contribution in [2.75, 3.05) is 0 Å². The summed E-state index contributed by atoms with van der Waals surface area (Å²) in [5.74, 6) is -0.433. The highest BCUT2D eigenvalue weighted by atomic mass is 32.1. The fraction of sp³-hybridized carbons (Fsp3) is 0.0769. The molecule has 3 aromatic rings. The average molecular weight is 292 g/mol. The minimum absolute atomic E-state index is 0.272. The Morgan fingerprint density at radius 2 is 2.21 bits per heavy atom. The van der Waals surface area contributed by atoms with Crippen LogP contribution in [0, 0.1) is 10.6 Å². The third-order valence-corrected chi connectivity index (χ3v) is 4.02. The van der Waals surface area contributed by atoms with E-state index in [-0.39, 0.29) is 5.56 Å². The molecule has 1 N–H and O–H groups in total. The Labute approximate surface area is 117 Å². The van der Waals surface area contributed by atoms with Gasteiger partial charge < -0.3 is 4.98 Å². The molecule has 0 aliphatic carbocycles. The van der Waals surface area contributed by atoms with Crippen LogP contribution in [-0.4, -0.2) is 9.55 Å². The van der Waals surface area contributed by atoms with E-state index >= 15 is 0 Å². The summed E-state index contributed by atoms with van der Waals surface area (Å²) in [4.78, 5) is 16.3. The third kappa shape index (κ3) is 2.24. The van der Waals surface area contributed by atoms with Crippen molar-refractivity contribution >= 4 is 34.5 Å². The Kier molecular flexibility index (Phi) is 3.04. The highest BCUT2D eigenvalue weighted by Gasteiger charge is 2.07. The maximum atomic E-state index is 13.2. The number of benzene rings is 1. The van der Waals surface area contributed by atoms with E-state index in [1.165, 1.54) is 22.8 Å². The Morgan fingerprint density at radius 1 is 1.37 bits per heavy atom. The summed E-state index contributed by atoms with van der Waals surface area (Å²) in [5, 5.41) is 2.25. The monoisotopic (exact) mass is 292 g/mol. The number of thiophene rings is 1. The second kappa shape index (κ2) is 4.71. The predicted octanol–water partition coefficient (Wildman–Crippen LogP) is 3.31. The van der Waals surface area contributed by atoms with Crippen molar-refractivity contribution in [3.05, 3.63) is 61.5 Å². The zero-order chi connectivity index (χ0) is 13.4. The second-order valence-corrected chi connectivity index (χ2v) is 5.51. The molecule has 0 saturated heterocycles. The lowest BCUT2D eigenvalue weighted by atomic mass is 10.2. The predicted molar refractivity (Wildman–Crippen MR) is 76.8 cm³/mol. The first kappa shape index (κ1) is 12.3. The molecule has 3 nitrogen and oxygen atoms in total. The first-order valence-corrected chi connectivity index (χ1v) is 6.89. The molecule has 6 heteroatoms. The van der Waals surface area contributed by atoms with Crippen molar-refractivity contribution in [2.24, 2.45) is 0 Å². The van der Waals surface area contributed by atoms with E-state index in [1.807, 2.05) is 17.5 Å². The summed E-state index contributed by atoms with van der Waals surface area (Å²) in [7, 11) is 0. The number of nitrogens with one attached hydrogen (secondary N) is 1. The van der Waals surface area contributed by atoms with Gasteiger partial charge in [-0.25, -0.2) is 4.39 Å². The molecule has 0 saturated carbocycles. The number of rotatable bonds is 2. The summed E-state index contributed by atoms with van der Waals surface area (Å²) in [6, 6.07) is 7.90. The van der Waals surface area contributed by atoms with E-state index in [2.05, 4.69) is 4.98 Å². The molecule has 0 atom stereocenters. The van der Waals surface area contributed by atoms with Gasteiger partial charge in [-0.1, -0.05) is 6.07 Å². The topological polar surface area (TPSA) is 37.8 Å². The molecule has 2 aromatic heterocycles. The smallest absolute Gasteiger partial charge is 0.262 e. The largest absolute Gasteiger partial charge is 0.332 e. The molecule has 0 fully saturated rings. The van der Waals surface area contributed by atoms with Crippen LogP contribution in [0.3, 0.4) is 0 Å². The van der Waals surface area contributed by atoms with Crippen LogP contribution in [0.2, 0.25) is 0 Å². The van der Waals surface area contributed by atoms with Gasteiger partial charge in [-0.3, -0.25) is 9.36 Å². The van der Waals surface area contributed by atoms with Crippen molar-refractivity contribution in [3.63, 3.8) is 0 Å². The average Bonchev–Trinajstić information content (AvgIpc) is 2.89. The molecular formula is C13H9FN2OS2. The Bertz CT molecular complexity index is 849. The summed E-state index contributed by atoms with van der Waals surface area (Å²) in [6.45, 7) is 0.401. The fourth-order valence-corrected chi connectivity index (χ4v) is 2.87. The van der Waals surface area contributed by atoms with E-state index in [0.29, 0.717) is 22.2 Å². The molecular weight excluding hydrogens is 283 g/mol. The molecule has 0 aliphatic heterocycles. The zero-order valence-corrected chi connectivity index (χ0v) is 11.4. The van der Waals surface area contributed by atoms with E-state index in [9.17, 15) is 9.18 Å². The van der Waals surface area contributed by atoms with Crippen molar-refractivity contribution < 1.29 is 4.39 Å². The van der Waals surface area contributed by atoms with E-state index in [4.69, 9.17) is 12.2 Å². The minimum atomic E-state index is -0.433. The van der Waals surface area contributed by atoms with Gasteiger partial charge >= 0.3 is 0 Å². The molecule has 3 rings (SSSR count). The van der Waals surface area contributed by atoms with E-state index < -0.39 is 5.82 Å². The standard InChI is InChI=1S/C13H9FN2OS2/c14-8-3-4-11-10(6-8)12(17)16(13(18)15-11)7-9-2-1-5-19-9/h1-6H,7H2,(H,15,18). The van der Waals surface area contributed by atoms with Crippen molar-refractivity contribution in [1.82, 2.24) is 9.55 Å². The van der Waals surface area contributed by atoms with Crippen LogP contribution < -0.4 is 5.56 Å². The maximum Gasteiger partial charge on any atom is 0.262 e. The number of H-pyrrole nitrogens is 1. The van der Waals surface area contributed by atoms with Gasteiger partial charge in [-0.05, 0) is 41.9 Å². The lowest BCUT2D eigenvalue weighted by molar-refractivity contribution is 0.629. The maximum absolute atomic E-state index is 13.2. The Balaban J connectivity index is 2.25. The summed E-state index contributed by atoms with van der Waals surface area (Å²) >= 11 is 6.74. The molecule has 19 heavy (non-hydrogen) atoms. The van der Waals surface area contributed by atoms with Crippen LogP contribution >= 0.6 is 23.6 Å². The molecule has 0 spiro atoms. The number of halogens is 1. The lowest BCUT2D eigenvalue weighted by Gasteiger charge is -2.06. The van der Waals surface area contributed by atoms with Gasteiger partial charge in [0.25, 0.3) is 5.56 Å². The van der Waals surface area contributed by atoms with Gasteiger partial charge in [0.15, 0.2) is 4.77 Å². The van der Waals surface area contributed by atoms with Gasteiger partial charge in [0, 0.05) is 4.88 Å². The first-order chi connectivity index (χ1) is 9.15.